The molecule has 0 spiro atoms. The molecule has 7 atom stereocenters. The molecule has 3 aliphatic rings. The van der Waals surface area contributed by atoms with Gasteiger partial charge in [-0.2, -0.15) is 5.26 Å². The standard InChI is InChI=1S/C22H33NO6/c1-6-21(5,11-20(2,3)4)18(25)27-10-16(24)28-15-9-13-7-8-14-17(15)29-19(26)22(13,14)12-23/h13-15,17-18,25H,6-11H2,1-5H3. The van der Waals surface area contributed by atoms with Gasteiger partial charge >= 0.3 is 11.9 Å². The summed E-state index contributed by atoms with van der Waals surface area (Å²) in [4.78, 5) is 24.7. The highest BCUT2D eigenvalue weighted by Crippen LogP contribution is 2.61. The van der Waals surface area contributed by atoms with Crippen molar-refractivity contribution < 1.29 is 28.9 Å². The van der Waals surface area contributed by atoms with Crippen molar-refractivity contribution in [2.75, 3.05) is 6.61 Å². The van der Waals surface area contributed by atoms with Gasteiger partial charge in [-0.3, -0.25) is 4.79 Å². The van der Waals surface area contributed by atoms with Crippen LogP contribution in [0.15, 0.2) is 0 Å². The van der Waals surface area contributed by atoms with E-state index in [1.54, 1.807) is 0 Å². The highest BCUT2D eigenvalue weighted by Gasteiger charge is 2.70. The Kier molecular flexibility index (Phi) is 5.74. The summed E-state index contributed by atoms with van der Waals surface area (Å²) in [5.41, 5.74) is -1.53. The van der Waals surface area contributed by atoms with E-state index in [0.717, 1.165) is 19.3 Å². The van der Waals surface area contributed by atoms with Gasteiger partial charge in [0.2, 0.25) is 0 Å². The molecule has 1 saturated heterocycles. The first-order valence-corrected chi connectivity index (χ1v) is 10.6. The van der Waals surface area contributed by atoms with E-state index in [0.29, 0.717) is 12.8 Å². The Morgan fingerprint density at radius 1 is 1.38 bits per heavy atom. The molecule has 0 aromatic heterocycles. The Morgan fingerprint density at radius 3 is 2.66 bits per heavy atom. The molecule has 3 rings (SSSR count). The van der Waals surface area contributed by atoms with Crippen LogP contribution in [0.1, 0.15) is 66.7 Å². The number of carbonyl (C=O) groups excluding carboxylic acids is 2. The number of rotatable bonds is 7. The quantitative estimate of drug-likeness (QED) is 0.511. The molecule has 2 saturated carbocycles. The highest BCUT2D eigenvalue weighted by atomic mass is 16.6. The fourth-order valence-corrected chi connectivity index (χ4v) is 5.72. The Morgan fingerprint density at radius 2 is 2.07 bits per heavy atom. The summed E-state index contributed by atoms with van der Waals surface area (Å²) in [6.45, 7) is 9.88. The van der Waals surface area contributed by atoms with Crippen LogP contribution < -0.4 is 0 Å². The van der Waals surface area contributed by atoms with Gasteiger partial charge in [-0.1, -0.05) is 34.6 Å². The molecule has 2 aliphatic carbocycles. The number of esters is 2. The van der Waals surface area contributed by atoms with E-state index in [1.807, 2.05) is 13.8 Å². The van der Waals surface area contributed by atoms with Crippen LogP contribution in [0.4, 0.5) is 0 Å². The summed E-state index contributed by atoms with van der Waals surface area (Å²) < 4.78 is 16.5. The second kappa shape index (κ2) is 7.55. The molecule has 1 aliphatic heterocycles. The number of aliphatic hydroxyl groups is 1. The number of hydrogen-bond acceptors (Lipinski definition) is 7. The van der Waals surface area contributed by atoms with E-state index in [4.69, 9.17) is 14.2 Å². The number of nitriles is 1. The minimum absolute atomic E-state index is 0.0105. The van der Waals surface area contributed by atoms with E-state index in [2.05, 4.69) is 26.8 Å². The van der Waals surface area contributed by atoms with Gasteiger partial charge in [-0.25, -0.2) is 4.79 Å². The maximum atomic E-state index is 12.4. The highest BCUT2D eigenvalue weighted by molar-refractivity contribution is 5.84. The third-order valence-electron chi connectivity index (χ3n) is 7.08. The average Bonchev–Trinajstić information content (AvgIpc) is 3.03. The first-order chi connectivity index (χ1) is 13.5. The number of carbonyl (C=O) groups is 2. The van der Waals surface area contributed by atoms with Crippen LogP contribution in [0.5, 0.6) is 0 Å². The molecular weight excluding hydrogens is 374 g/mol. The number of aliphatic hydroxyl groups excluding tert-OH is 1. The van der Waals surface area contributed by atoms with Crippen molar-refractivity contribution in [2.24, 2.45) is 28.1 Å². The van der Waals surface area contributed by atoms with Gasteiger partial charge in [0.15, 0.2) is 11.7 Å². The molecule has 4 bridgehead atoms. The molecule has 29 heavy (non-hydrogen) atoms. The SMILES string of the molecule is CCC(C)(CC(C)(C)C)C(O)OCC(=O)OC1CC2CCC3C1OC(=O)C23C#N. The van der Waals surface area contributed by atoms with Crippen LogP contribution in [0.3, 0.4) is 0 Å². The molecule has 1 N–H and O–H groups in total. The van der Waals surface area contributed by atoms with Crippen LogP contribution >= 0.6 is 0 Å². The van der Waals surface area contributed by atoms with E-state index in [1.165, 1.54) is 0 Å². The second-order valence-electron chi connectivity index (χ2n) is 10.4. The molecule has 7 nitrogen and oxygen atoms in total. The smallest absolute Gasteiger partial charge is 0.332 e. The van der Waals surface area contributed by atoms with Gasteiger partial charge in [0, 0.05) is 11.3 Å². The Balaban J connectivity index is 1.57. The summed E-state index contributed by atoms with van der Waals surface area (Å²) >= 11 is 0. The first-order valence-electron chi connectivity index (χ1n) is 10.6. The lowest BCUT2D eigenvalue weighted by molar-refractivity contribution is -0.199. The third kappa shape index (κ3) is 3.77. The maximum absolute atomic E-state index is 12.4. The Hall–Kier alpha value is -1.65. The molecule has 0 radical (unpaired) electrons. The number of hydrogen-bond donors (Lipinski definition) is 1. The monoisotopic (exact) mass is 407 g/mol. The summed E-state index contributed by atoms with van der Waals surface area (Å²) in [7, 11) is 0. The lowest BCUT2D eigenvalue weighted by Gasteiger charge is -2.38. The largest absolute Gasteiger partial charge is 0.457 e. The minimum Gasteiger partial charge on any atom is -0.457 e. The fraction of sp³-hybridized carbons (Fsp3) is 0.864. The van der Waals surface area contributed by atoms with Crippen LogP contribution in [0.2, 0.25) is 0 Å². The third-order valence-corrected chi connectivity index (χ3v) is 7.08. The molecule has 0 aromatic rings. The van der Waals surface area contributed by atoms with Crippen molar-refractivity contribution in [2.45, 2.75) is 85.2 Å². The van der Waals surface area contributed by atoms with Gasteiger partial charge in [-0.05, 0) is 43.4 Å². The average molecular weight is 408 g/mol. The zero-order valence-electron chi connectivity index (χ0n) is 18.1. The van der Waals surface area contributed by atoms with E-state index < -0.39 is 41.3 Å². The molecule has 7 heteroatoms. The predicted molar refractivity (Wildman–Crippen MR) is 103 cm³/mol. The molecule has 162 valence electrons. The van der Waals surface area contributed by atoms with Crippen molar-refractivity contribution in [1.29, 1.82) is 5.26 Å². The van der Waals surface area contributed by atoms with Gasteiger partial charge in [-0.15, -0.1) is 0 Å². The molecule has 0 aromatic carbocycles. The molecular formula is C22H33NO6. The van der Waals surface area contributed by atoms with Crippen LogP contribution in [0.25, 0.3) is 0 Å². The zero-order chi connectivity index (χ0) is 21.6. The van der Waals surface area contributed by atoms with E-state index in [9.17, 15) is 20.0 Å². The molecule has 1 heterocycles. The van der Waals surface area contributed by atoms with Crippen molar-refractivity contribution in [3.63, 3.8) is 0 Å². The van der Waals surface area contributed by atoms with Crippen molar-refractivity contribution in [1.82, 2.24) is 0 Å². The molecule has 0 amide bonds. The minimum atomic E-state index is -1.09. The Labute approximate surface area is 172 Å². The van der Waals surface area contributed by atoms with Gasteiger partial charge in [0.05, 0.1) is 6.07 Å². The summed E-state index contributed by atoms with van der Waals surface area (Å²) in [5, 5.41) is 20.2. The molecule has 7 unspecified atom stereocenters. The Bertz CT molecular complexity index is 709. The van der Waals surface area contributed by atoms with Crippen molar-refractivity contribution in [3.8, 4) is 6.07 Å². The van der Waals surface area contributed by atoms with Crippen molar-refractivity contribution in [3.05, 3.63) is 0 Å². The first kappa shape index (κ1) is 22.0. The number of nitrogens with zero attached hydrogens (tertiary/aromatic N) is 1. The van der Waals surface area contributed by atoms with E-state index in [-0.39, 0.29) is 23.9 Å². The van der Waals surface area contributed by atoms with Crippen molar-refractivity contribution >= 4 is 11.9 Å². The predicted octanol–water partition coefficient (Wildman–Crippen LogP) is 2.95. The zero-order valence-corrected chi connectivity index (χ0v) is 18.1. The van der Waals surface area contributed by atoms with E-state index >= 15 is 0 Å². The molecule has 3 fully saturated rings. The maximum Gasteiger partial charge on any atom is 0.332 e. The fourth-order valence-electron chi connectivity index (χ4n) is 5.72. The van der Waals surface area contributed by atoms with Gasteiger partial charge in [0.1, 0.15) is 18.8 Å². The van der Waals surface area contributed by atoms with Crippen LogP contribution in [-0.4, -0.2) is 42.1 Å². The van der Waals surface area contributed by atoms with Crippen LogP contribution in [0, 0.1) is 39.4 Å². The second-order valence-corrected chi connectivity index (χ2v) is 10.4. The summed E-state index contributed by atoms with van der Waals surface area (Å²) in [5.74, 6) is -1.40. The van der Waals surface area contributed by atoms with Gasteiger partial charge < -0.3 is 19.3 Å². The number of ether oxygens (including phenoxy) is 3. The normalized spacial score (nSPS) is 36.1. The summed E-state index contributed by atoms with van der Waals surface area (Å²) in [6, 6.07) is 2.20. The lowest BCUT2D eigenvalue weighted by atomic mass is 9.66. The summed E-state index contributed by atoms with van der Waals surface area (Å²) in [6.07, 6.45) is 1.21. The van der Waals surface area contributed by atoms with Gasteiger partial charge in [0.25, 0.3) is 0 Å². The van der Waals surface area contributed by atoms with Crippen LogP contribution in [-0.2, 0) is 23.8 Å². The lowest BCUT2D eigenvalue weighted by Crippen LogP contribution is -2.46. The topological polar surface area (TPSA) is 106 Å².